The van der Waals surface area contributed by atoms with Crippen LogP contribution in [0.15, 0.2) is 48.7 Å². The number of benzene rings is 2. The smallest absolute Gasteiger partial charge is 0.273 e. The van der Waals surface area contributed by atoms with Gasteiger partial charge in [0.05, 0.1) is 4.92 Å². The molecular formula is C21H18ClN3O3. The number of rotatable bonds is 3. The Labute approximate surface area is 166 Å². The van der Waals surface area contributed by atoms with Crippen LogP contribution in [0, 0.1) is 17.0 Å². The highest BCUT2D eigenvalue weighted by Crippen LogP contribution is 2.31. The monoisotopic (exact) mass is 395 g/mol. The molecule has 0 aliphatic carbocycles. The van der Waals surface area contributed by atoms with Gasteiger partial charge in [-0.25, -0.2) is 0 Å². The third-order valence-corrected chi connectivity index (χ3v) is 5.45. The first-order valence-electron chi connectivity index (χ1n) is 8.95. The lowest BCUT2D eigenvalue weighted by Crippen LogP contribution is -2.35. The molecule has 0 saturated carbocycles. The van der Waals surface area contributed by atoms with Gasteiger partial charge in [-0.05, 0) is 43.2 Å². The topological polar surface area (TPSA) is 79.2 Å². The predicted molar refractivity (Wildman–Crippen MR) is 110 cm³/mol. The Kier molecular flexibility index (Phi) is 4.65. The fourth-order valence-electron chi connectivity index (χ4n) is 3.68. The van der Waals surface area contributed by atoms with E-state index in [1.54, 1.807) is 24.0 Å². The van der Waals surface area contributed by atoms with Crippen molar-refractivity contribution in [3.63, 3.8) is 0 Å². The van der Waals surface area contributed by atoms with Crippen molar-refractivity contribution in [2.24, 2.45) is 0 Å². The molecule has 4 rings (SSSR count). The minimum Gasteiger partial charge on any atom is -0.361 e. The fraction of sp³-hybridized carbons (Fsp3) is 0.190. The summed E-state index contributed by atoms with van der Waals surface area (Å²) in [6, 6.07) is 10.4. The van der Waals surface area contributed by atoms with E-state index in [4.69, 9.17) is 11.6 Å². The number of hydrogen-bond acceptors (Lipinski definition) is 3. The van der Waals surface area contributed by atoms with Gasteiger partial charge in [-0.1, -0.05) is 23.7 Å². The van der Waals surface area contributed by atoms with Gasteiger partial charge >= 0.3 is 0 Å². The summed E-state index contributed by atoms with van der Waals surface area (Å²) in [7, 11) is 0. The zero-order chi connectivity index (χ0) is 19.8. The van der Waals surface area contributed by atoms with Gasteiger partial charge in [0.25, 0.3) is 11.6 Å². The summed E-state index contributed by atoms with van der Waals surface area (Å²) in [4.78, 5) is 28.5. The van der Waals surface area contributed by atoms with E-state index >= 15 is 0 Å². The average molecular weight is 396 g/mol. The van der Waals surface area contributed by atoms with Gasteiger partial charge in [0.1, 0.15) is 0 Å². The van der Waals surface area contributed by atoms with E-state index in [1.807, 2.05) is 30.5 Å². The van der Waals surface area contributed by atoms with Crippen LogP contribution in [0.25, 0.3) is 16.5 Å². The Morgan fingerprint density at radius 1 is 1.29 bits per heavy atom. The lowest BCUT2D eigenvalue weighted by Gasteiger charge is -2.27. The largest absolute Gasteiger partial charge is 0.361 e. The minimum absolute atomic E-state index is 0.0326. The molecule has 28 heavy (non-hydrogen) atoms. The lowest BCUT2D eigenvalue weighted by molar-refractivity contribution is -0.385. The maximum Gasteiger partial charge on any atom is 0.273 e. The molecule has 1 amide bonds. The number of hydrogen-bond donors (Lipinski definition) is 1. The summed E-state index contributed by atoms with van der Waals surface area (Å²) >= 11 is 6.13. The second-order valence-corrected chi connectivity index (χ2v) is 7.27. The molecular weight excluding hydrogens is 378 g/mol. The van der Waals surface area contributed by atoms with Crippen molar-refractivity contribution < 1.29 is 9.72 Å². The van der Waals surface area contributed by atoms with Gasteiger partial charge in [0, 0.05) is 58.0 Å². The first-order chi connectivity index (χ1) is 13.5. The number of amides is 1. The normalized spacial score (nSPS) is 14.2. The van der Waals surface area contributed by atoms with Crippen molar-refractivity contribution in [1.29, 1.82) is 0 Å². The van der Waals surface area contributed by atoms with Crippen molar-refractivity contribution in [2.45, 2.75) is 13.3 Å². The molecule has 7 heteroatoms. The summed E-state index contributed by atoms with van der Waals surface area (Å²) in [5, 5.41) is 12.9. The van der Waals surface area contributed by atoms with Gasteiger partial charge in [0.2, 0.25) is 0 Å². The lowest BCUT2D eigenvalue weighted by atomic mass is 9.98. The average Bonchev–Trinajstić information content (AvgIpc) is 3.10. The Balaban J connectivity index is 1.59. The molecule has 0 radical (unpaired) electrons. The highest BCUT2D eigenvalue weighted by atomic mass is 35.5. The molecule has 3 aromatic rings. The fourth-order valence-corrected chi connectivity index (χ4v) is 3.85. The van der Waals surface area contributed by atoms with E-state index in [1.165, 1.54) is 6.07 Å². The number of nitro benzene ring substituents is 1. The van der Waals surface area contributed by atoms with Crippen LogP contribution < -0.4 is 0 Å². The number of fused-ring (bicyclic) bond motifs is 1. The van der Waals surface area contributed by atoms with Crippen molar-refractivity contribution in [1.82, 2.24) is 9.88 Å². The summed E-state index contributed by atoms with van der Waals surface area (Å²) in [6.07, 6.45) is 4.71. The standard InChI is InChI=1S/C21H18ClN3O3/c1-13-16(3-2-4-20(13)25(27)28)21(26)24-9-7-14(8-10-24)18-12-23-19-6-5-15(22)11-17(18)19/h2-7,11-12,23H,8-10H2,1H3. The van der Waals surface area contributed by atoms with E-state index in [9.17, 15) is 14.9 Å². The van der Waals surface area contributed by atoms with E-state index in [2.05, 4.69) is 4.98 Å². The maximum atomic E-state index is 12.9. The zero-order valence-corrected chi connectivity index (χ0v) is 16.0. The van der Waals surface area contributed by atoms with Gasteiger partial charge in [-0.2, -0.15) is 0 Å². The van der Waals surface area contributed by atoms with Crippen LogP contribution in [0.5, 0.6) is 0 Å². The number of nitro groups is 1. The Morgan fingerprint density at radius 3 is 2.82 bits per heavy atom. The molecule has 2 aromatic carbocycles. The quantitative estimate of drug-likeness (QED) is 0.502. The molecule has 1 aromatic heterocycles. The number of aromatic amines is 1. The summed E-state index contributed by atoms with van der Waals surface area (Å²) in [6.45, 7) is 2.63. The second kappa shape index (κ2) is 7.13. The maximum absolute atomic E-state index is 12.9. The minimum atomic E-state index is -0.456. The van der Waals surface area contributed by atoms with Crippen molar-refractivity contribution in [2.75, 3.05) is 13.1 Å². The van der Waals surface area contributed by atoms with Crippen LogP contribution in [-0.2, 0) is 0 Å². The van der Waals surface area contributed by atoms with Crippen molar-refractivity contribution >= 4 is 39.7 Å². The van der Waals surface area contributed by atoms with Crippen LogP contribution >= 0.6 is 11.6 Å². The van der Waals surface area contributed by atoms with Gasteiger partial charge in [0.15, 0.2) is 0 Å². The molecule has 1 aliphatic rings. The molecule has 2 heterocycles. The molecule has 1 N–H and O–H groups in total. The SMILES string of the molecule is Cc1c(C(=O)N2CC=C(c3c[nH]c4ccc(Cl)cc34)CC2)cccc1[N+](=O)[O-]. The molecule has 0 bridgehead atoms. The van der Waals surface area contributed by atoms with Crippen LogP contribution in [0.1, 0.15) is 27.9 Å². The first-order valence-corrected chi connectivity index (χ1v) is 9.33. The number of nitrogens with one attached hydrogen (secondary N) is 1. The summed E-state index contributed by atoms with van der Waals surface area (Å²) in [5.74, 6) is -0.182. The molecule has 6 nitrogen and oxygen atoms in total. The third kappa shape index (κ3) is 3.16. The number of carbonyl (C=O) groups excluding carboxylic acids is 1. The second-order valence-electron chi connectivity index (χ2n) is 6.83. The van der Waals surface area contributed by atoms with Crippen LogP contribution in [0.2, 0.25) is 5.02 Å². The number of nitrogens with zero attached hydrogens (tertiary/aromatic N) is 2. The molecule has 0 fully saturated rings. The number of H-pyrrole nitrogens is 1. The van der Waals surface area contributed by atoms with E-state index in [0.29, 0.717) is 35.7 Å². The molecule has 142 valence electrons. The van der Waals surface area contributed by atoms with E-state index in [-0.39, 0.29) is 11.6 Å². The third-order valence-electron chi connectivity index (χ3n) is 5.22. The Morgan fingerprint density at radius 2 is 2.11 bits per heavy atom. The summed E-state index contributed by atoms with van der Waals surface area (Å²) < 4.78 is 0. The van der Waals surface area contributed by atoms with Gasteiger partial charge < -0.3 is 9.88 Å². The Hall–Kier alpha value is -3.12. The highest BCUT2D eigenvalue weighted by Gasteiger charge is 2.24. The van der Waals surface area contributed by atoms with Crippen molar-refractivity contribution in [3.05, 3.63) is 80.5 Å². The zero-order valence-electron chi connectivity index (χ0n) is 15.2. The van der Waals surface area contributed by atoms with E-state index in [0.717, 1.165) is 22.0 Å². The highest BCUT2D eigenvalue weighted by molar-refractivity contribution is 6.31. The van der Waals surface area contributed by atoms with Crippen LogP contribution in [0.3, 0.4) is 0 Å². The first kappa shape index (κ1) is 18.3. The predicted octanol–water partition coefficient (Wildman–Crippen LogP) is 4.97. The number of halogens is 1. The molecule has 0 saturated heterocycles. The van der Waals surface area contributed by atoms with Crippen molar-refractivity contribution in [3.8, 4) is 0 Å². The molecule has 0 atom stereocenters. The number of aromatic nitrogens is 1. The molecule has 0 spiro atoms. The Bertz CT molecular complexity index is 1130. The van der Waals surface area contributed by atoms with Gasteiger partial charge in [-0.15, -0.1) is 0 Å². The molecule has 0 unspecified atom stereocenters. The van der Waals surface area contributed by atoms with Crippen LogP contribution in [-0.4, -0.2) is 33.8 Å². The summed E-state index contributed by atoms with van der Waals surface area (Å²) in [5.41, 5.74) is 4.02. The van der Waals surface area contributed by atoms with Crippen LogP contribution in [0.4, 0.5) is 5.69 Å². The van der Waals surface area contributed by atoms with Gasteiger partial charge in [-0.3, -0.25) is 14.9 Å². The number of carbonyl (C=O) groups is 1. The van der Waals surface area contributed by atoms with E-state index < -0.39 is 4.92 Å². The molecule has 1 aliphatic heterocycles.